The molecule has 2 rings (SSSR count). The van der Waals surface area contributed by atoms with Gasteiger partial charge in [0, 0.05) is 17.7 Å². The number of benzene rings is 1. The Hall–Kier alpha value is -1.82. The highest BCUT2D eigenvalue weighted by Crippen LogP contribution is 2.19. The molecule has 0 aromatic heterocycles. The zero-order valence-corrected chi connectivity index (χ0v) is 11.2. The number of nitrogens with zero attached hydrogens (tertiary/aromatic N) is 1. The van der Waals surface area contributed by atoms with Gasteiger partial charge >= 0.3 is 0 Å². The van der Waals surface area contributed by atoms with Crippen molar-refractivity contribution < 1.29 is 19.1 Å². The van der Waals surface area contributed by atoms with Gasteiger partial charge in [0.2, 0.25) is 5.91 Å². The summed E-state index contributed by atoms with van der Waals surface area (Å²) in [6, 6.07) is 6.57. The van der Waals surface area contributed by atoms with Crippen LogP contribution in [0.25, 0.3) is 0 Å². The molecule has 1 aliphatic rings. The number of ketones is 1. The predicted octanol–water partition coefficient (Wildman–Crippen LogP) is 1.96. The molecule has 0 aliphatic carbocycles. The average molecular weight is 279 g/mol. The Balaban J connectivity index is 2.07. The summed E-state index contributed by atoms with van der Waals surface area (Å²) in [5.74, 6) is 0.597. The summed E-state index contributed by atoms with van der Waals surface area (Å²) in [6.07, 6.45) is 0.298. The van der Waals surface area contributed by atoms with E-state index in [1.807, 2.05) is 0 Å². The highest BCUT2D eigenvalue weighted by Gasteiger charge is 2.28. The molecule has 0 N–H and O–H groups in total. The summed E-state index contributed by atoms with van der Waals surface area (Å²) >= 11 is 1.07. The van der Waals surface area contributed by atoms with Crippen LogP contribution in [0, 0.1) is 0 Å². The summed E-state index contributed by atoms with van der Waals surface area (Å²) in [7, 11) is 1.54. The van der Waals surface area contributed by atoms with Gasteiger partial charge in [-0.25, -0.2) is 0 Å². The van der Waals surface area contributed by atoms with Crippen LogP contribution in [-0.4, -0.2) is 41.2 Å². The van der Waals surface area contributed by atoms with E-state index in [0.29, 0.717) is 23.5 Å². The van der Waals surface area contributed by atoms with Crippen LogP contribution in [0.5, 0.6) is 5.75 Å². The Morgan fingerprint density at radius 3 is 2.58 bits per heavy atom. The van der Waals surface area contributed by atoms with Crippen LogP contribution in [0.4, 0.5) is 4.79 Å². The lowest BCUT2D eigenvalue weighted by atomic mass is 10.1. The number of carbonyl (C=O) groups is 3. The Morgan fingerprint density at radius 1 is 1.32 bits per heavy atom. The van der Waals surface area contributed by atoms with Crippen LogP contribution in [0.15, 0.2) is 24.3 Å². The third kappa shape index (κ3) is 3.14. The Labute approximate surface area is 114 Å². The fourth-order valence-electron chi connectivity index (χ4n) is 1.70. The number of carbonyl (C=O) groups excluding carboxylic acids is 3. The number of rotatable bonds is 4. The molecule has 1 aliphatic heterocycles. The number of hydrogen-bond acceptors (Lipinski definition) is 5. The lowest BCUT2D eigenvalue weighted by Crippen LogP contribution is -2.41. The monoisotopic (exact) mass is 279 g/mol. The van der Waals surface area contributed by atoms with E-state index in [1.165, 1.54) is 0 Å². The molecule has 100 valence electrons. The van der Waals surface area contributed by atoms with Crippen LogP contribution < -0.4 is 4.74 Å². The second-order valence-corrected chi connectivity index (χ2v) is 5.04. The van der Waals surface area contributed by atoms with Gasteiger partial charge in [-0.2, -0.15) is 0 Å². The summed E-state index contributed by atoms with van der Waals surface area (Å²) in [4.78, 5) is 36.2. The van der Waals surface area contributed by atoms with Gasteiger partial charge in [-0.15, -0.1) is 0 Å². The molecule has 0 unspecified atom stereocenters. The standard InChI is InChI=1S/C13H13NO4S/c1-18-10-4-2-9(3-5-10)11(15)8-14-12(16)6-7-19-13(14)17/h2-5H,6-8H2,1H3. The Bertz CT molecular complexity index is 496. The smallest absolute Gasteiger partial charge is 0.288 e. The van der Waals surface area contributed by atoms with Gasteiger partial charge in [-0.05, 0) is 24.3 Å². The molecule has 1 aromatic rings. The van der Waals surface area contributed by atoms with E-state index < -0.39 is 0 Å². The van der Waals surface area contributed by atoms with Gasteiger partial charge < -0.3 is 4.74 Å². The molecule has 1 heterocycles. The Kier molecular flexibility index (Phi) is 4.21. The molecule has 19 heavy (non-hydrogen) atoms. The Morgan fingerprint density at radius 2 is 2.00 bits per heavy atom. The van der Waals surface area contributed by atoms with Crippen molar-refractivity contribution in [3.8, 4) is 5.75 Å². The molecule has 1 aromatic carbocycles. The van der Waals surface area contributed by atoms with Crippen LogP contribution >= 0.6 is 11.8 Å². The highest BCUT2D eigenvalue weighted by atomic mass is 32.2. The van der Waals surface area contributed by atoms with Crippen molar-refractivity contribution >= 4 is 28.7 Å². The minimum atomic E-state index is -0.349. The maximum atomic E-state index is 12.0. The van der Waals surface area contributed by atoms with Crippen LogP contribution in [0.3, 0.4) is 0 Å². The number of amides is 2. The summed E-state index contributed by atoms with van der Waals surface area (Å²) in [5, 5.41) is -0.349. The maximum absolute atomic E-state index is 12.0. The summed E-state index contributed by atoms with van der Waals surface area (Å²) in [6.45, 7) is -0.197. The van der Waals surface area contributed by atoms with Crippen molar-refractivity contribution in [1.29, 1.82) is 0 Å². The van der Waals surface area contributed by atoms with Gasteiger partial charge in [0.1, 0.15) is 5.75 Å². The van der Waals surface area contributed by atoms with E-state index >= 15 is 0 Å². The van der Waals surface area contributed by atoms with Gasteiger partial charge in [0.25, 0.3) is 5.24 Å². The molecule has 0 atom stereocenters. The van der Waals surface area contributed by atoms with Crippen molar-refractivity contribution in [2.24, 2.45) is 0 Å². The van der Waals surface area contributed by atoms with E-state index in [1.54, 1.807) is 31.4 Å². The molecule has 2 amide bonds. The number of hydrogen-bond donors (Lipinski definition) is 0. The van der Waals surface area contributed by atoms with E-state index in [9.17, 15) is 14.4 Å². The zero-order chi connectivity index (χ0) is 13.8. The molecular formula is C13H13NO4S. The normalized spacial score (nSPS) is 15.5. The molecule has 1 fully saturated rings. The predicted molar refractivity (Wildman–Crippen MR) is 71.5 cm³/mol. The molecule has 0 radical (unpaired) electrons. The van der Waals surface area contributed by atoms with E-state index in [4.69, 9.17) is 4.74 Å². The average Bonchev–Trinajstić information content (AvgIpc) is 2.43. The van der Waals surface area contributed by atoms with Gasteiger partial charge in [-0.3, -0.25) is 19.3 Å². The van der Waals surface area contributed by atoms with Gasteiger partial charge in [-0.1, -0.05) is 11.8 Å². The lowest BCUT2D eigenvalue weighted by molar-refractivity contribution is -0.127. The number of methoxy groups -OCH3 is 1. The van der Waals surface area contributed by atoms with Crippen molar-refractivity contribution in [3.05, 3.63) is 29.8 Å². The molecule has 0 spiro atoms. The van der Waals surface area contributed by atoms with Gasteiger partial charge in [0.15, 0.2) is 5.78 Å². The first-order chi connectivity index (χ1) is 9.11. The second-order valence-electron chi connectivity index (χ2n) is 4.00. The molecule has 0 bridgehead atoms. The van der Waals surface area contributed by atoms with Crippen LogP contribution in [-0.2, 0) is 4.79 Å². The first-order valence-electron chi connectivity index (χ1n) is 5.76. The summed E-state index contributed by atoms with van der Waals surface area (Å²) < 4.78 is 5.00. The topological polar surface area (TPSA) is 63.7 Å². The van der Waals surface area contributed by atoms with Crippen molar-refractivity contribution in [2.75, 3.05) is 19.4 Å². The minimum Gasteiger partial charge on any atom is -0.497 e. The van der Waals surface area contributed by atoms with Crippen molar-refractivity contribution in [3.63, 3.8) is 0 Å². The molecule has 5 nitrogen and oxygen atoms in total. The maximum Gasteiger partial charge on any atom is 0.288 e. The number of Topliss-reactive ketones (excluding diaryl/α,β-unsaturated/α-hetero) is 1. The third-order valence-electron chi connectivity index (χ3n) is 2.78. The zero-order valence-electron chi connectivity index (χ0n) is 10.4. The molecule has 1 saturated heterocycles. The highest BCUT2D eigenvalue weighted by molar-refractivity contribution is 8.13. The lowest BCUT2D eigenvalue weighted by Gasteiger charge is -2.23. The van der Waals surface area contributed by atoms with E-state index in [-0.39, 0.29) is 23.5 Å². The fraction of sp³-hybridized carbons (Fsp3) is 0.308. The number of imide groups is 1. The van der Waals surface area contributed by atoms with Crippen LogP contribution in [0.1, 0.15) is 16.8 Å². The fourth-order valence-corrected chi connectivity index (χ4v) is 2.48. The first-order valence-corrected chi connectivity index (χ1v) is 6.75. The van der Waals surface area contributed by atoms with Crippen molar-refractivity contribution in [2.45, 2.75) is 6.42 Å². The number of thioether (sulfide) groups is 1. The molecule has 6 heteroatoms. The van der Waals surface area contributed by atoms with E-state index in [0.717, 1.165) is 16.7 Å². The summed E-state index contributed by atoms with van der Waals surface area (Å²) in [5.41, 5.74) is 0.456. The van der Waals surface area contributed by atoms with Crippen molar-refractivity contribution in [1.82, 2.24) is 4.90 Å². The van der Waals surface area contributed by atoms with E-state index in [2.05, 4.69) is 0 Å². The van der Waals surface area contributed by atoms with Gasteiger partial charge in [0.05, 0.1) is 13.7 Å². The molecule has 0 saturated carbocycles. The SMILES string of the molecule is COc1ccc(C(=O)CN2C(=O)CCSC2=O)cc1. The third-order valence-corrected chi connectivity index (χ3v) is 3.65. The molecular weight excluding hydrogens is 266 g/mol. The van der Waals surface area contributed by atoms with Crippen LogP contribution in [0.2, 0.25) is 0 Å². The quantitative estimate of drug-likeness (QED) is 0.788. The minimum absolute atomic E-state index is 0.197. The second kappa shape index (κ2) is 5.88. The largest absolute Gasteiger partial charge is 0.497 e. The number of ether oxygens (including phenoxy) is 1. The first kappa shape index (κ1) is 13.6.